The summed E-state index contributed by atoms with van der Waals surface area (Å²) in [6.07, 6.45) is 0.698. The first kappa shape index (κ1) is 15.2. The van der Waals surface area contributed by atoms with E-state index >= 15 is 0 Å². The first-order valence-corrected chi connectivity index (χ1v) is 6.35. The first-order chi connectivity index (χ1) is 8.71. The molecule has 4 nitrogen and oxygen atoms in total. The minimum Gasteiger partial charge on any atom is -0.495 e. The van der Waals surface area contributed by atoms with Gasteiger partial charge in [0.2, 0.25) is 0 Å². The number of halogens is 1. The molecule has 102 valence electrons. The summed E-state index contributed by atoms with van der Waals surface area (Å²) in [5, 5.41) is 18.4. The first-order valence-electron chi connectivity index (χ1n) is 5.97. The van der Waals surface area contributed by atoms with Gasteiger partial charge in [-0.25, -0.2) is 0 Å². The molecule has 0 aliphatic rings. The summed E-state index contributed by atoms with van der Waals surface area (Å²) in [6, 6.07) is 5.65. The van der Waals surface area contributed by atoms with Gasteiger partial charge in [0.25, 0.3) is 0 Å². The number of ether oxygens (including phenoxy) is 1. The number of benzene rings is 1. The molecule has 0 atom stereocenters. The molecule has 2 N–H and O–H groups in total. The average Bonchev–Trinajstić information content (AvgIpc) is 2.36. The predicted octanol–water partition coefficient (Wildman–Crippen LogP) is 1.53. The number of methoxy groups -OCH3 is 1. The Labute approximate surface area is 113 Å². The third kappa shape index (κ3) is 4.82. The molecule has 0 aliphatic heterocycles. The Hall–Kier alpha value is -0.810. The molecule has 0 saturated carbocycles. The molecule has 0 spiro atoms. The maximum Gasteiger partial charge on any atom is 0.137 e. The Balaban J connectivity index is 2.64. The van der Waals surface area contributed by atoms with Gasteiger partial charge in [-0.1, -0.05) is 17.7 Å². The minimum atomic E-state index is 0.106. The van der Waals surface area contributed by atoms with Gasteiger partial charge in [-0.2, -0.15) is 0 Å². The summed E-state index contributed by atoms with van der Waals surface area (Å²) < 4.78 is 5.10. The van der Waals surface area contributed by atoms with E-state index in [1.54, 1.807) is 7.11 Å². The fourth-order valence-electron chi connectivity index (χ4n) is 1.77. The SMILES string of the molecule is COc1ccc(CN(CCO)CCCO)cc1Cl. The van der Waals surface area contributed by atoms with E-state index in [-0.39, 0.29) is 13.2 Å². The van der Waals surface area contributed by atoms with Crippen LogP contribution in [0.4, 0.5) is 0 Å². The molecule has 1 aromatic carbocycles. The third-order valence-corrected chi connectivity index (χ3v) is 2.97. The van der Waals surface area contributed by atoms with Gasteiger partial charge in [0.15, 0.2) is 0 Å². The molecule has 0 bridgehead atoms. The molecule has 0 fully saturated rings. The Morgan fingerprint density at radius 3 is 2.56 bits per heavy atom. The van der Waals surface area contributed by atoms with Gasteiger partial charge in [-0.15, -0.1) is 0 Å². The lowest BCUT2D eigenvalue weighted by Gasteiger charge is -2.21. The molecular weight excluding hydrogens is 254 g/mol. The predicted molar refractivity (Wildman–Crippen MR) is 72.1 cm³/mol. The van der Waals surface area contributed by atoms with Crippen molar-refractivity contribution in [1.82, 2.24) is 4.90 Å². The normalized spacial score (nSPS) is 10.9. The van der Waals surface area contributed by atoms with Crippen molar-refractivity contribution >= 4 is 11.6 Å². The number of aliphatic hydroxyl groups is 2. The summed E-state index contributed by atoms with van der Waals surface area (Å²) >= 11 is 6.06. The van der Waals surface area contributed by atoms with Gasteiger partial charge in [-0.3, -0.25) is 4.90 Å². The monoisotopic (exact) mass is 273 g/mol. The molecule has 0 saturated heterocycles. The van der Waals surface area contributed by atoms with Crippen molar-refractivity contribution in [3.05, 3.63) is 28.8 Å². The summed E-state index contributed by atoms with van der Waals surface area (Å²) in [6.45, 7) is 2.30. The van der Waals surface area contributed by atoms with E-state index in [9.17, 15) is 0 Å². The summed E-state index contributed by atoms with van der Waals surface area (Å²) in [5.41, 5.74) is 1.06. The highest BCUT2D eigenvalue weighted by Gasteiger charge is 2.07. The van der Waals surface area contributed by atoms with Gasteiger partial charge in [0, 0.05) is 26.2 Å². The topological polar surface area (TPSA) is 52.9 Å². The van der Waals surface area contributed by atoms with Crippen LogP contribution in [0.1, 0.15) is 12.0 Å². The lowest BCUT2D eigenvalue weighted by molar-refractivity contribution is 0.174. The van der Waals surface area contributed by atoms with Crippen molar-refractivity contribution in [3.63, 3.8) is 0 Å². The van der Waals surface area contributed by atoms with Crippen molar-refractivity contribution < 1.29 is 14.9 Å². The number of rotatable bonds is 8. The van der Waals surface area contributed by atoms with Crippen molar-refractivity contribution in [2.45, 2.75) is 13.0 Å². The smallest absolute Gasteiger partial charge is 0.137 e. The van der Waals surface area contributed by atoms with E-state index in [1.807, 2.05) is 18.2 Å². The molecule has 1 aromatic rings. The van der Waals surface area contributed by atoms with Crippen LogP contribution in [-0.4, -0.2) is 48.5 Å². The molecule has 0 amide bonds. The lowest BCUT2D eigenvalue weighted by atomic mass is 10.2. The van der Waals surface area contributed by atoms with Gasteiger partial charge in [0.1, 0.15) is 5.75 Å². The van der Waals surface area contributed by atoms with Crippen LogP contribution in [0.5, 0.6) is 5.75 Å². The Kier molecular flexibility index (Phi) is 7.05. The molecule has 0 aliphatic carbocycles. The summed E-state index contributed by atoms with van der Waals surface area (Å²) in [5.74, 6) is 0.657. The fourth-order valence-corrected chi connectivity index (χ4v) is 2.05. The minimum absolute atomic E-state index is 0.106. The van der Waals surface area contributed by atoms with E-state index in [0.29, 0.717) is 30.3 Å². The van der Waals surface area contributed by atoms with Crippen LogP contribution in [-0.2, 0) is 6.54 Å². The van der Waals surface area contributed by atoms with Crippen LogP contribution in [0.2, 0.25) is 5.02 Å². The second-order valence-corrected chi connectivity index (χ2v) is 4.45. The van der Waals surface area contributed by atoms with Crippen molar-refractivity contribution in [1.29, 1.82) is 0 Å². The highest BCUT2D eigenvalue weighted by Crippen LogP contribution is 2.25. The van der Waals surface area contributed by atoms with Crippen LogP contribution < -0.4 is 4.74 Å². The summed E-state index contributed by atoms with van der Waals surface area (Å²) in [7, 11) is 1.58. The van der Waals surface area contributed by atoms with E-state index in [0.717, 1.165) is 12.1 Å². The Morgan fingerprint density at radius 2 is 2.00 bits per heavy atom. The number of nitrogens with zero attached hydrogens (tertiary/aromatic N) is 1. The molecule has 0 heterocycles. The van der Waals surface area contributed by atoms with Crippen LogP contribution in [0.15, 0.2) is 18.2 Å². The van der Waals surface area contributed by atoms with Crippen LogP contribution in [0, 0.1) is 0 Å². The molecule has 1 rings (SSSR count). The molecule has 0 unspecified atom stereocenters. The fraction of sp³-hybridized carbons (Fsp3) is 0.538. The second kappa shape index (κ2) is 8.32. The van der Waals surface area contributed by atoms with Crippen molar-refractivity contribution in [3.8, 4) is 5.75 Å². The van der Waals surface area contributed by atoms with E-state index in [1.165, 1.54) is 0 Å². The quantitative estimate of drug-likeness (QED) is 0.754. The summed E-state index contributed by atoms with van der Waals surface area (Å²) in [4.78, 5) is 2.08. The maximum absolute atomic E-state index is 9.00. The van der Waals surface area contributed by atoms with E-state index in [4.69, 9.17) is 26.6 Å². The molecule has 0 aromatic heterocycles. The average molecular weight is 274 g/mol. The van der Waals surface area contributed by atoms with Crippen LogP contribution >= 0.6 is 11.6 Å². The molecule has 5 heteroatoms. The molecule has 0 radical (unpaired) electrons. The standard InChI is InChI=1S/C13H20ClNO3/c1-18-13-4-3-11(9-12(13)14)10-15(6-8-17)5-2-7-16/h3-4,9,16-17H,2,5-8,10H2,1H3. The molecular formula is C13H20ClNO3. The number of hydrogen-bond donors (Lipinski definition) is 2. The maximum atomic E-state index is 9.00. The van der Waals surface area contributed by atoms with Gasteiger partial charge >= 0.3 is 0 Å². The molecule has 18 heavy (non-hydrogen) atoms. The van der Waals surface area contributed by atoms with Gasteiger partial charge in [0.05, 0.1) is 18.7 Å². The van der Waals surface area contributed by atoms with E-state index < -0.39 is 0 Å². The zero-order chi connectivity index (χ0) is 13.4. The third-order valence-electron chi connectivity index (χ3n) is 2.67. The van der Waals surface area contributed by atoms with Gasteiger partial charge in [-0.05, 0) is 24.1 Å². The van der Waals surface area contributed by atoms with Gasteiger partial charge < -0.3 is 14.9 Å². The highest BCUT2D eigenvalue weighted by atomic mass is 35.5. The van der Waals surface area contributed by atoms with Crippen molar-refractivity contribution in [2.75, 3.05) is 33.4 Å². The van der Waals surface area contributed by atoms with Crippen LogP contribution in [0.25, 0.3) is 0 Å². The second-order valence-electron chi connectivity index (χ2n) is 4.05. The Morgan fingerprint density at radius 1 is 1.22 bits per heavy atom. The Bertz CT molecular complexity index is 360. The van der Waals surface area contributed by atoms with Crippen molar-refractivity contribution in [2.24, 2.45) is 0 Å². The van der Waals surface area contributed by atoms with Crippen LogP contribution in [0.3, 0.4) is 0 Å². The lowest BCUT2D eigenvalue weighted by Crippen LogP contribution is -2.28. The number of hydrogen-bond acceptors (Lipinski definition) is 4. The zero-order valence-electron chi connectivity index (χ0n) is 10.6. The van der Waals surface area contributed by atoms with E-state index in [2.05, 4.69) is 4.90 Å². The highest BCUT2D eigenvalue weighted by molar-refractivity contribution is 6.32. The largest absolute Gasteiger partial charge is 0.495 e. The number of aliphatic hydroxyl groups excluding tert-OH is 2. The zero-order valence-corrected chi connectivity index (χ0v) is 11.4.